The van der Waals surface area contributed by atoms with Crippen molar-refractivity contribution in [2.45, 2.75) is 19.3 Å². The van der Waals surface area contributed by atoms with Crippen LogP contribution in [0.15, 0.2) is 60.7 Å². The van der Waals surface area contributed by atoms with Crippen LogP contribution in [-0.2, 0) is 11.2 Å². The van der Waals surface area contributed by atoms with Crippen LogP contribution < -0.4 is 5.73 Å². The number of hydrogen-bond acceptors (Lipinski definition) is 2. The highest BCUT2D eigenvalue weighted by molar-refractivity contribution is 5.91. The second kappa shape index (κ2) is 6.40. The summed E-state index contributed by atoms with van der Waals surface area (Å²) in [6, 6.07) is 20.5. The molecule has 0 fully saturated rings. The fourth-order valence-corrected chi connectivity index (χ4v) is 3.32. The summed E-state index contributed by atoms with van der Waals surface area (Å²) in [6.45, 7) is 0. The number of aromatic amines is 1. The number of carbonyl (C=O) groups is 1. The van der Waals surface area contributed by atoms with Crippen molar-refractivity contribution in [2.24, 2.45) is 5.73 Å². The van der Waals surface area contributed by atoms with Crippen LogP contribution in [0.1, 0.15) is 18.4 Å². The van der Waals surface area contributed by atoms with Crippen molar-refractivity contribution in [3.05, 3.63) is 66.2 Å². The first-order chi connectivity index (χ1) is 12.2. The molecule has 4 heteroatoms. The third kappa shape index (κ3) is 2.98. The molecule has 0 saturated heterocycles. The molecule has 0 aliphatic rings. The zero-order valence-electron chi connectivity index (χ0n) is 13.8. The molecule has 0 unspecified atom stereocenters. The normalized spacial score (nSPS) is 11.2. The van der Waals surface area contributed by atoms with Gasteiger partial charge in [-0.2, -0.15) is 0 Å². The van der Waals surface area contributed by atoms with Gasteiger partial charge in [0.25, 0.3) is 0 Å². The number of carbonyl (C=O) groups excluding carboxylic acids is 1. The van der Waals surface area contributed by atoms with Crippen molar-refractivity contribution in [1.82, 2.24) is 9.97 Å². The second-order valence-corrected chi connectivity index (χ2v) is 6.23. The number of aryl methyl sites for hydroxylation is 1. The summed E-state index contributed by atoms with van der Waals surface area (Å²) in [5.74, 6) is -0.259. The van der Waals surface area contributed by atoms with Gasteiger partial charge in [-0.25, -0.2) is 4.98 Å². The summed E-state index contributed by atoms with van der Waals surface area (Å²) >= 11 is 0. The number of nitrogens with two attached hydrogens (primary N) is 1. The molecule has 0 aliphatic carbocycles. The summed E-state index contributed by atoms with van der Waals surface area (Å²) in [5.41, 5.74) is 10.5. The van der Waals surface area contributed by atoms with Crippen LogP contribution in [0.3, 0.4) is 0 Å². The minimum Gasteiger partial charge on any atom is -0.370 e. The fraction of sp³-hybridized carbons (Fsp3) is 0.143. The second-order valence-electron chi connectivity index (χ2n) is 6.23. The van der Waals surface area contributed by atoms with Crippen LogP contribution in [0.4, 0.5) is 0 Å². The number of fused-ring (bicyclic) bond motifs is 2. The first kappa shape index (κ1) is 15.4. The van der Waals surface area contributed by atoms with Crippen LogP contribution in [0.2, 0.25) is 0 Å². The van der Waals surface area contributed by atoms with E-state index in [1.807, 2.05) is 36.4 Å². The standard InChI is InChI=1S/C21H19N3O/c22-20(25)11-5-8-16-15-7-2-4-10-18(15)24-21(16)19-13-12-14-6-1-3-9-17(14)23-19/h1-4,6-7,9-10,12-13,24H,5,8,11H2,(H2,22,25). The molecule has 0 radical (unpaired) electrons. The minimum absolute atomic E-state index is 0.259. The highest BCUT2D eigenvalue weighted by Gasteiger charge is 2.14. The number of primary amides is 1. The summed E-state index contributed by atoms with van der Waals surface area (Å²) in [7, 11) is 0. The molecule has 0 saturated carbocycles. The smallest absolute Gasteiger partial charge is 0.217 e. The number of pyridine rings is 1. The summed E-state index contributed by atoms with van der Waals surface area (Å²) in [4.78, 5) is 19.4. The molecule has 0 atom stereocenters. The minimum atomic E-state index is -0.259. The predicted molar refractivity (Wildman–Crippen MR) is 101 cm³/mol. The molecule has 0 spiro atoms. The van der Waals surface area contributed by atoms with Crippen molar-refractivity contribution in [3.8, 4) is 11.4 Å². The molecule has 25 heavy (non-hydrogen) atoms. The topological polar surface area (TPSA) is 71.8 Å². The molecule has 4 aromatic rings. The molecular weight excluding hydrogens is 310 g/mol. The lowest BCUT2D eigenvalue weighted by Crippen LogP contribution is -2.10. The van der Waals surface area contributed by atoms with E-state index in [0.717, 1.165) is 40.6 Å². The molecule has 2 aromatic heterocycles. The van der Waals surface area contributed by atoms with Gasteiger partial charge in [0.2, 0.25) is 5.91 Å². The summed E-state index contributed by atoms with van der Waals surface area (Å²) < 4.78 is 0. The Balaban J connectivity index is 1.82. The van der Waals surface area contributed by atoms with E-state index < -0.39 is 0 Å². The predicted octanol–water partition coefficient (Wildman–Crippen LogP) is 4.19. The van der Waals surface area contributed by atoms with Crippen LogP contribution >= 0.6 is 0 Å². The lowest BCUT2D eigenvalue weighted by molar-refractivity contribution is -0.118. The summed E-state index contributed by atoms with van der Waals surface area (Å²) in [5, 5.41) is 2.30. The zero-order chi connectivity index (χ0) is 17.2. The monoisotopic (exact) mass is 329 g/mol. The Bertz CT molecular complexity index is 1070. The van der Waals surface area contributed by atoms with Gasteiger partial charge in [0.15, 0.2) is 0 Å². The average Bonchev–Trinajstić information content (AvgIpc) is 3.00. The molecule has 2 aromatic carbocycles. The maximum atomic E-state index is 11.1. The van der Waals surface area contributed by atoms with E-state index >= 15 is 0 Å². The van der Waals surface area contributed by atoms with Crippen LogP contribution in [-0.4, -0.2) is 15.9 Å². The number of hydrogen-bond donors (Lipinski definition) is 2. The van der Waals surface area contributed by atoms with E-state index in [1.54, 1.807) is 0 Å². The molecule has 1 amide bonds. The van der Waals surface area contributed by atoms with Gasteiger partial charge < -0.3 is 10.7 Å². The van der Waals surface area contributed by atoms with Crippen molar-refractivity contribution in [2.75, 3.05) is 0 Å². The zero-order valence-corrected chi connectivity index (χ0v) is 13.8. The van der Waals surface area contributed by atoms with Crippen LogP contribution in [0.25, 0.3) is 33.2 Å². The van der Waals surface area contributed by atoms with Crippen molar-refractivity contribution in [3.63, 3.8) is 0 Å². The number of para-hydroxylation sites is 2. The first-order valence-electron chi connectivity index (χ1n) is 8.46. The molecular formula is C21H19N3O. The Hall–Kier alpha value is -3.14. The Morgan fingerprint density at radius 3 is 2.68 bits per heavy atom. The number of nitrogens with zero attached hydrogens (tertiary/aromatic N) is 1. The van der Waals surface area contributed by atoms with E-state index in [9.17, 15) is 4.79 Å². The Morgan fingerprint density at radius 2 is 1.80 bits per heavy atom. The SMILES string of the molecule is NC(=O)CCCc1c(-c2ccc3ccccc3n2)[nH]c2ccccc12. The number of H-pyrrole nitrogens is 1. The summed E-state index contributed by atoms with van der Waals surface area (Å²) in [6.07, 6.45) is 1.92. The lowest BCUT2D eigenvalue weighted by Gasteiger charge is -2.06. The van der Waals surface area contributed by atoms with Gasteiger partial charge in [-0.1, -0.05) is 42.5 Å². The number of amides is 1. The lowest BCUT2D eigenvalue weighted by atomic mass is 10.0. The van der Waals surface area contributed by atoms with E-state index in [1.165, 1.54) is 10.9 Å². The molecule has 0 bridgehead atoms. The number of rotatable bonds is 5. The van der Waals surface area contributed by atoms with Gasteiger partial charge >= 0.3 is 0 Å². The molecule has 4 nitrogen and oxygen atoms in total. The van der Waals surface area contributed by atoms with Gasteiger partial charge in [-0.3, -0.25) is 4.79 Å². The molecule has 0 aliphatic heterocycles. The van der Waals surface area contributed by atoms with Crippen molar-refractivity contribution in [1.29, 1.82) is 0 Å². The van der Waals surface area contributed by atoms with E-state index in [0.29, 0.717) is 6.42 Å². The van der Waals surface area contributed by atoms with Gasteiger partial charge in [0.05, 0.1) is 16.9 Å². The van der Waals surface area contributed by atoms with Crippen LogP contribution in [0.5, 0.6) is 0 Å². The van der Waals surface area contributed by atoms with Gasteiger partial charge in [-0.15, -0.1) is 0 Å². The number of nitrogens with one attached hydrogen (secondary N) is 1. The third-order valence-electron chi connectivity index (χ3n) is 4.52. The van der Waals surface area contributed by atoms with Crippen molar-refractivity contribution >= 4 is 27.7 Å². The third-order valence-corrected chi connectivity index (χ3v) is 4.52. The Labute approximate surface area is 145 Å². The highest BCUT2D eigenvalue weighted by Crippen LogP contribution is 2.31. The van der Waals surface area contributed by atoms with E-state index in [2.05, 4.69) is 29.2 Å². The van der Waals surface area contributed by atoms with E-state index in [-0.39, 0.29) is 5.91 Å². The Kier molecular flexibility index (Phi) is 3.94. The molecule has 2 heterocycles. The number of benzene rings is 2. The number of aromatic nitrogens is 2. The maximum Gasteiger partial charge on any atom is 0.217 e. The van der Waals surface area contributed by atoms with Crippen molar-refractivity contribution < 1.29 is 4.79 Å². The molecule has 124 valence electrons. The Morgan fingerprint density at radius 1 is 1.00 bits per heavy atom. The molecule has 3 N–H and O–H groups in total. The van der Waals surface area contributed by atoms with Gasteiger partial charge in [0, 0.05) is 22.7 Å². The highest BCUT2D eigenvalue weighted by atomic mass is 16.1. The first-order valence-corrected chi connectivity index (χ1v) is 8.46. The van der Waals surface area contributed by atoms with Gasteiger partial charge in [-0.05, 0) is 36.6 Å². The van der Waals surface area contributed by atoms with Gasteiger partial charge in [0.1, 0.15) is 0 Å². The quantitative estimate of drug-likeness (QED) is 0.576. The maximum absolute atomic E-state index is 11.1. The largest absolute Gasteiger partial charge is 0.370 e. The fourth-order valence-electron chi connectivity index (χ4n) is 3.32. The molecule has 4 rings (SSSR count). The average molecular weight is 329 g/mol. The van der Waals surface area contributed by atoms with E-state index in [4.69, 9.17) is 10.7 Å². The van der Waals surface area contributed by atoms with Crippen LogP contribution in [0, 0.1) is 0 Å².